The van der Waals surface area contributed by atoms with Crippen LogP contribution in [0, 0.1) is 3.57 Å². The van der Waals surface area contributed by atoms with Gasteiger partial charge in [0.25, 0.3) is 0 Å². The Kier molecular flexibility index (Phi) is 3.56. The summed E-state index contributed by atoms with van der Waals surface area (Å²) in [5.41, 5.74) is 7.74. The number of nitrogens with zero attached hydrogens (tertiary/aromatic N) is 1. The van der Waals surface area contributed by atoms with E-state index in [-0.39, 0.29) is 0 Å². The van der Waals surface area contributed by atoms with Crippen LogP contribution in [-0.2, 0) is 0 Å². The molecule has 0 saturated heterocycles. The lowest BCUT2D eigenvalue weighted by Gasteiger charge is -2.00. The monoisotopic (exact) mass is 322 g/mol. The van der Waals surface area contributed by atoms with Gasteiger partial charge in [0.1, 0.15) is 5.84 Å². The van der Waals surface area contributed by atoms with Gasteiger partial charge in [0.15, 0.2) is 0 Å². The van der Waals surface area contributed by atoms with Crippen molar-refractivity contribution in [1.82, 2.24) is 0 Å². The molecule has 16 heavy (non-hydrogen) atoms. The van der Waals surface area contributed by atoms with Gasteiger partial charge in [-0.2, -0.15) is 0 Å². The van der Waals surface area contributed by atoms with Crippen molar-refractivity contribution in [3.8, 4) is 0 Å². The van der Waals surface area contributed by atoms with Crippen molar-refractivity contribution in [3.63, 3.8) is 0 Å². The van der Waals surface area contributed by atoms with Gasteiger partial charge in [0.05, 0.1) is 5.69 Å². The molecule has 2 aromatic carbocycles. The number of benzene rings is 2. The molecule has 0 saturated carbocycles. The van der Waals surface area contributed by atoms with Crippen molar-refractivity contribution in [2.45, 2.75) is 0 Å². The molecule has 2 rings (SSSR count). The predicted molar refractivity (Wildman–Crippen MR) is 76.0 cm³/mol. The Hall–Kier alpha value is -1.36. The lowest BCUT2D eigenvalue weighted by atomic mass is 10.2. The predicted octanol–water partition coefficient (Wildman–Crippen LogP) is 3.33. The smallest absolute Gasteiger partial charge is 0.131 e. The molecule has 0 amide bonds. The first-order valence-corrected chi connectivity index (χ1v) is 5.99. The van der Waals surface area contributed by atoms with Crippen LogP contribution < -0.4 is 5.73 Å². The highest BCUT2D eigenvalue weighted by molar-refractivity contribution is 14.1. The SMILES string of the molecule is NC(=Nc1ccc(I)cc1)c1ccccc1. The van der Waals surface area contributed by atoms with E-state index in [1.807, 2.05) is 54.6 Å². The van der Waals surface area contributed by atoms with Crippen molar-refractivity contribution >= 4 is 34.1 Å². The average Bonchev–Trinajstić information content (AvgIpc) is 2.33. The fourth-order valence-corrected chi connectivity index (χ4v) is 1.69. The first-order valence-electron chi connectivity index (χ1n) is 4.91. The number of aliphatic imine (C=N–C) groups is 1. The van der Waals surface area contributed by atoms with E-state index in [1.54, 1.807) is 0 Å². The quantitative estimate of drug-likeness (QED) is 0.514. The lowest BCUT2D eigenvalue weighted by molar-refractivity contribution is 1.44. The molecule has 0 atom stereocenters. The molecule has 80 valence electrons. The minimum Gasteiger partial charge on any atom is -0.383 e. The molecular formula is C13H11IN2. The molecule has 0 aromatic heterocycles. The van der Waals surface area contributed by atoms with Crippen LogP contribution in [0.5, 0.6) is 0 Å². The normalized spacial score (nSPS) is 11.4. The zero-order chi connectivity index (χ0) is 11.4. The van der Waals surface area contributed by atoms with Crippen molar-refractivity contribution in [3.05, 3.63) is 63.7 Å². The van der Waals surface area contributed by atoms with Crippen LogP contribution >= 0.6 is 22.6 Å². The fourth-order valence-electron chi connectivity index (χ4n) is 1.33. The zero-order valence-electron chi connectivity index (χ0n) is 8.60. The number of rotatable bonds is 2. The standard InChI is InChI=1S/C13H11IN2/c14-11-6-8-12(9-7-11)16-13(15)10-4-2-1-3-5-10/h1-9H,(H2,15,16). The number of nitrogens with two attached hydrogens (primary N) is 1. The minimum absolute atomic E-state index is 0.543. The van der Waals surface area contributed by atoms with Crippen LogP contribution in [0.15, 0.2) is 59.6 Å². The summed E-state index contributed by atoms with van der Waals surface area (Å²) in [5.74, 6) is 0.543. The van der Waals surface area contributed by atoms with E-state index in [2.05, 4.69) is 27.6 Å². The Morgan fingerprint density at radius 3 is 2.19 bits per heavy atom. The molecule has 0 spiro atoms. The van der Waals surface area contributed by atoms with E-state index in [0.29, 0.717) is 5.84 Å². The summed E-state index contributed by atoms with van der Waals surface area (Å²) in [6.45, 7) is 0. The van der Waals surface area contributed by atoms with E-state index < -0.39 is 0 Å². The highest BCUT2D eigenvalue weighted by Crippen LogP contribution is 2.15. The van der Waals surface area contributed by atoms with Gasteiger partial charge in [-0.15, -0.1) is 0 Å². The molecule has 0 heterocycles. The van der Waals surface area contributed by atoms with Crippen LogP contribution in [0.2, 0.25) is 0 Å². The van der Waals surface area contributed by atoms with Gasteiger partial charge in [-0.3, -0.25) is 0 Å². The van der Waals surface area contributed by atoms with Crippen LogP contribution in [0.4, 0.5) is 5.69 Å². The summed E-state index contributed by atoms with van der Waals surface area (Å²) >= 11 is 2.26. The van der Waals surface area contributed by atoms with E-state index in [0.717, 1.165) is 11.3 Å². The van der Waals surface area contributed by atoms with E-state index in [4.69, 9.17) is 5.73 Å². The summed E-state index contributed by atoms with van der Waals surface area (Å²) in [5, 5.41) is 0. The summed E-state index contributed by atoms with van der Waals surface area (Å²) in [6, 6.07) is 17.7. The first-order chi connectivity index (χ1) is 7.75. The Balaban J connectivity index is 2.28. The number of amidine groups is 1. The van der Waals surface area contributed by atoms with Crippen LogP contribution in [0.1, 0.15) is 5.56 Å². The van der Waals surface area contributed by atoms with Gasteiger partial charge in [-0.1, -0.05) is 30.3 Å². The molecule has 0 unspecified atom stereocenters. The largest absolute Gasteiger partial charge is 0.383 e. The average molecular weight is 322 g/mol. The minimum atomic E-state index is 0.543. The number of hydrogen-bond donors (Lipinski definition) is 1. The highest BCUT2D eigenvalue weighted by atomic mass is 127. The summed E-state index contributed by atoms with van der Waals surface area (Å²) in [6.07, 6.45) is 0. The number of hydrogen-bond acceptors (Lipinski definition) is 1. The Morgan fingerprint density at radius 1 is 0.938 bits per heavy atom. The van der Waals surface area contributed by atoms with Gasteiger partial charge < -0.3 is 5.73 Å². The van der Waals surface area contributed by atoms with E-state index in [9.17, 15) is 0 Å². The van der Waals surface area contributed by atoms with Crippen LogP contribution in [0.3, 0.4) is 0 Å². The lowest BCUT2D eigenvalue weighted by Crippen LogP contribution is -2.12. The van der Waals surface area contributed by atoms with Crippen molar-refractivity contribution in [2.24, 2.45) is 10.7 Å². The van der Waals surface area contributed by atoms with Crippen LogP contribution in [0.25, 0.3) is 0 Å². The highest BCUT2D eigenvalue weighted by Gasteiger charge is 1.97. The van der Waals surface area contributed by atoms with Gasteiger partial charge in [0.2, 0.25) is 0 Å². The molecule has 0 aliphatic heterocycles. The topological polar surface area (TPSA) is 38.4 Å². The van der Waals surface area contributed by atoms with Gasteiger partial charge in [0, 0.05) is 9.13 Å². The molecule has 0 bridgehead atoms. The molecule has 0 aliphatic rings. The van der Waals surface area contributed by atoms with Crippen molar-refractivity contribution < 1.29 is 0 Å². The Labute approximate surface area is 108 Å². The Morgan fingerprint density at radius 2 is 1.56 bits per heavy atom. The summed E-state index contributed by atoms with van der Waals surface area (Å²) in [4.78, 5) is 4.36. The maximum absolute atomic E-state index is 5.91. The molecule has 0 fully saturated rings. The van der Waals surface area contributed by atoms with Crippen LogP contribution in [-0.4, -0.2) is 5.84 Å². The molecular weight excluding hydrogens is 311 g/mol. The third-order valence-electron chi connectivity index (χ3n) is 2.15. The van der Waals surface area contributed by atoms with Gasteiger partial charge >= 0.3 is 0 Å². The second kappa shape index (κ2) is 5.12. The Bertz CT molecular complexity index is 489. The second-order valence-electron chi connectivity index (χ2n) is 3.34. The third kappa shape index (κ3) is 2.82. The maximum Gasteiger partial charge on any atom is 0.131 e. The first kappa shape index (κ1) is 11.1. The zero-order valence-corrected chi connectivity index (χ0v) is 10.8. The number of halogens is 1. The molecule has 2 aromatic rings. The van der Waals surface area contributed by atoms with Gasteiger partial charge in [-0.05, 0) is 46.9 Å². The second-order valence-corrected chi connectivity index (χ2v) is 4.59. The fraction of sp³-hybridized carbons (Fsp3) is 0. The molecule has 0 radical (unpaired) electrons. The molecule has 2 N–H and O–H groups in total. The van der Waals surface area contributed by atoms with Gasteiger partial charge in [-0.25, -0.2) is 4.99 Å². The molecule has 2 nitrogen and oxygen atoms in total. The summed E-state index contributed by atoms with van der Waals surface area (Å²) in [7, 11) is 0. The van der Waals surface area contributed by atoms with E-state index >= 15 is 0 Å². The maximum atomic E-state index is 5.91. The summed E-state index contributed by atoms with van der Waals surface area (Å²) < 4.78 is 1.19. The third-order valence-corrected chi connectivity index (χ3v) is 2.86. The molecule has 3 heteroatoms. The van der Waals surface area contributed by atoms with Crippen molar-refractivity contribution in [1.29, 1.82) is 0 Å². The molecule has 0 aliphatic carbocycles. The van der Waals surface area contributed by atoms with E-state index in [1.165, 1.54) is 3.57 Å². The van der Waals surface area contributed by atoms with Crippen molar-refractivity contribution in [2.75, 3.05) is 0 Å².